The molecule has 1 saturated heterocycles. The molecule has 6 N–H and O–H groups in total. The molecule has 9 heteroatoms. The molecule has 0 aliphatic carbocycles. The van der Waals surface area contributed by atoms with E-state index < -0.39 is 49.5 Å². The first-order chi connectivity index (χ1) is 29.8. The van der Waals surface area contributed by atoms with E-state index in [9.17, 15) is 30.3 Å². The van der Waals surface area contributed by atoms with Gasteiger partial charge in [-0.1, -0.05) is 176 Å². The van der Waals surface area contributed by atoms with Crippen LogP contribution >= 0.6 is 0 Å². The summed E-state index contributed by atoms with van der Waals surface area (Å²) in [5.74, 6) is -0.218. The largest absolute Gasteiger partial charge is 0.394 e. The van der Waals surface area contributed by atoms with E-state index in [-0.39, 0.29) is 12.5 Å². The first kappa shape index (κ1) is 56.4. The Morgan fingerprint density at radius 1 is 0.574 bits per heavy atom. The smallest absolute Gasteiger partial charge is 0.220 e. The number of ether oxygens (including phenoxy) is 2. The Morgan fingerprint density at radius 3 is 1.57 bits per heavy atom. The van der Waals surface area contributed by atoms with Crippen molar-refractivity contribution >= 4 is 5.91 Å². The molecule has 0 spiro atoms. The number of amides is 1. The summed E-state index contributed by atoms with van der Waals surface area (Å²) in [6.07, 6.45) is 50.6. The van der Waals surface area contributed by atoms with E-state index in [1.807, 2.05) is 6.08 Å². The molecule has 7 unspecified atom stereocenters. The van der Waals surface area contributed by atoms with Gasteiger partial charge >= 0.3 is 0 Å². The van der Waals surface area contributed by atoms with E-state index in [0.29, 0.717) is 12.8 Å². The summed E-state index contributed by atoms with van der Waals surface area (Å²) in [7, 11) is 0. The summed E-state index contributed by atoms with van der Waals surface area (Å²) in [4.78, 5) is 13.0. The summed E-state index contributed by atoms with van der Waals surface area (Å²) in [5, 5.41) is 54.2. The number of hydrogen-bond acceptors (Lipinski definition) is 8. The van der Waals surface area contributed by atoms with Gasteiger partial charge in [-0.15, -0.1) is 0 Å². The van der Waals surface area contributed by atoms with Crippen LogP contribution in [0.1, 0.15) is 181 Å². The number of aliphatic hydroxyl groups is 5. The predicted molar refractivity (Wildman–Crippen MR) is 253 cm³/mol. The van der Waals surface area contributed by atoms with Crippen LogP contribution in [0.2, 0.25) is 0 Å². The third kappa shape index (κ3) is 31.8. The number of unbranched alkanes of at least 4 members (excludes halogenated alkanes) is 17. The van der Waals surface area contributed by atoms with Gasteiger partial charge in [0, 0.05) is 6.42 Å². The van der Waals surface area contributed by atoms with E-state index in [2.05, 4.69) is 92.1 Å². The number of rotatable bonds is 39. The standard InChI is InChI=1S/C52H89NO8/c1-3-5-7-9-11-13-15-17-19-21-22-23-24-26-27-29-31-33-35-37-39-41-46(55)45(44-60-52-51(59)50(58)49(57)47(43-54)61-52)53-48(56)42-40-38-36-34-32-30-28-25-20-18-16-14-12-10-8-6-4-2/h6,8,12,14,18,20,24,26,28,30-31,33,39,41,45-47,49-52,54-55,57-59H,3-5,7,9-11,13,15-17,19,21-23,25,27,29,32,34-38,40,42-44H2,1-2H3,(H,53,56)/b8-6-,14-12-,20-18-,26-24+,30-28-,33-31+,41-39+. The lowest BCUT2D eigenvalue weighted by molar-refractivity contribution is -0.302. The maximum absolute atomic E-state index is 13.0. The van der Waals surface area contributed by atoms with Gasteiger partial charge in [0.2, 0.25) is 5.91 Å². The molecule has 7 atom stereocenters. The summed E-state index contributed by atoms with van der Waals surface area (Å²) in [6, 6.07) is -0.846. The van der Waals surface area contributed by atoms with E-state index in [1.54, 1.807) is 6.08 Å². The molecule has 1 amide bonds. The Hall–Kier alpha value is -2.63. The highest BCUT2D eigenvalue weighted by atomic mass is 16.7. The lowest BCUT2D eigenvalue weighted by Gasteiger charge is -2.40. The summed E-state index contributed by atoms with van der Waals surface area (Å²) >= 11 is 0. The number of allylic oxidation sites excluding steroid dienone is 13. The highest BCUT2D eigenvalue weighted by molar-refractivity contribution is 5.76. The molecule has 1 rings (SSSR count). The third-order valence-corrected chi connectivity index (χ3v) is 10.9. The minimum atomic E-state index is -1.58. The van der Waals surface area contributed by atoms with Crippen molar-refractivity contribution in [2.75, 3.05) is 13.2 Å². The number of hydrogen-bond donors (Lipinski definition) is 6. The first-order valence-electron chi connectivity index (χ1n) is 24.3. The van der Waals surface area contributed by atoms with Gasteiger partial charge in [0.05, 0.1) is 25.4 Å². The summed E-state index contributed by atoms with van der Waals surface area (Å²) in [6.45, 7) is 3.61. The molecule has 1 aliphatic rings. The number of aliphatic hydroxyl groups excluding tert-OH is 5. The van der Waals surface area contributed by atoms with Crippen LogP contribution in [0.3, 0.4) is 0 Å². The zero-order chi connectivity index (χ0) is 44.4. The van der Waals surface area contributed by atoms with Crippen LogP contribution < -0.4 is 5.32 Å². The van der Waals surface area contributed by atoms with Crippen molar-refractivity contribution in [3.05, 3.63) is 85.1 Å². The molecule has 0 aromatic carbocycles. The Labute approximate surface area is 371 Å². The van der Waals surface area contributed by atoms with Crippen LogP contribution in [-0.2, 0) is 14.3 Å². The van der Waals surface area contributed by atoms with Crippen LogP contribution in [-0.4, -0.2) is 87.5 Å². The van der Waals surface area contributed by atoms with Crippen molar-refractivity contribution in [3.63, 3.8) is 0 Å². The van der Waals surface area contributed by atoms with Crippen LogP contribution in [0.15, 0.2) is 85.1 Å². The molecule has 0 aromatic rings. The van der Waals surface area contributed by atoms with Crippen LogP contribution in [0.25, 0.3) is 0 Å². The fourth-order valence-corrected chi connectivity index (χ4v) is 7.06. The molecule has 9 nitrogen and oxygen atoms in total. The lowest BCUT2D eigenvalue weighted by Crippen LogP contribution is -2.60. The maximum atomic E-state index is 13.0. The molecule has 61 heavy (non-hydrogen) atoms. The van der Waals surface area contributed by atoms with Gasteiger partial charge in [0.1, 0.15) is 24.4 Å². The second-order valence-corrected chi connectivity index (χ2v) is 16.5. The summed E-state index contributed by atoms with van der Waals surface area (Å²) in [5.41, 5.74) is 0. The quantitative estimate of drug-likeness (QED) is 0.0264. The molecule has 0 aromatic heterocycles. The zero-order valence-electron chi connectivity index (χ0n) is 38.4. The van der Waals surface area contributed by atoms with Gasteiger partial charge in [-0.2, -0.15) is 0 Å². The lowest BCUT2D eigenvalue weighted by atomic mass is 9.99. The van der Waals surface area contributed by atoms with Crippen molar-refractivity contribution in [1.82, 2.24) is 5.32 Å². The topological polar surface area (TPSA) is 149 Å². The summed E-state index contributed by atoms with van der Waals surface area (Å²) < 4.78 is 11.2. The third-order valence-electron chi connectivity index (χ3n) is 10.9. The normalized spacial score (nSPS) is 21.2. The molecule has 1 heterocycles. The molecule has 0 saturated carbocycles. The fourth-order valence-electron chi connectivity index (χ4n) is 7.06. The molecule has 350 valence electrons. The second-order valence-electron chi connectivity index (χ2n) is 16.5. The second kappa shape index (κ2) is 41.4. The molecular weight excluding hydrogens is 767 g/mol. The van der Waals surface area contributed by atoms with Gasteiger partial charge in [-0.05, 0) is 83.5 Å². The number of nitrogens with one attached hydrogen (secondary N) is 1. The van der Waals surface area contributed by atoms with Gasteiger partial charge in [-0.25, -0.2) is 0 Å². The fraction of sp³-hybridized carbons (Fsp3) is 0.712. The average molecular weight is 856 g/mol. The minimum Gasteiger partial charge on any atom is -0.394 e. The van der Waals surface area contributed by atoms with Crippen molar-refractivity contribution in [3.8, 4) is 0 Å². The van der Waals surface area contributed by atoms with Crippen LogP contribution in [0.5, 0.6) is 0 Å². The van der Waals surface area contributed by atoms with Crippen LogP contribution in [0.4, 0.5) is 0 Å². The van der Waals surface area contributed by atoms with E-state index >= 15 is 0 Å². The van der Waals surface area contributed by atoms with Crippen molar-refractivity contribution < 1.29 is 39.8 Å². The first-order valence-corrected chi connectivity index (χ1v) is 24.3. The van der Waals surface area contributed by atoms with Gasteiger partial charge in [0.15, 0.2) is 6.29 Å². The highest BCUT2D eigenvalue weighted by Gasteiger charge is 2.44. The van der Waals surface area contributed by atoms with Crippen molar-refractivity contribution in [2.24, 2.45) is 0 Å². The zero-order valence-corrected chi connectivity index (χ0v) is 38.4. The number of carbonyl (C=O) groups excluding carboxylic acids is 1. The Bertz CT molecular complexity index is 1220. The molecule has 1 fully saturated rings. The van der Waals surface area contributed by atoms with Crippen molar-refractivity contribution in [1.29, 1.82) is 0 Å². The molecule has 1 aliphatic heterocycles. The maximum Gasteiger partial charge on any atom is 0.220 e. The van der Waals surface area contributed by atoms with Gasteiger partial charge in [-0.3, -0.25) is 4.79 Å². The average Bonchev–Trinajstić information content (AvgIpc) is 3.26. The van der Waals surface area contributed by atoms with Gasteiger partial charge < -0.3 is 40.3 Å². The van der Waals surface area contributed by atoms with E-state index in [4.69, 9.17) is 9.47 Å². The Morgan fingerprint density at radius 2 is 1.03 bits per heavy atom. The van der Waals surface area contributed by atoms with Gasteiger partial charge in [0.25, 0.3) is 0 Å². The SMILES string of the molecule is CC/C=C\C/C=C\C/C=C\C/C=C\CCCCCCC(=O)NC(COC1OC(CO)C(O)C(O)C1O)C(O)/C=C/CC/C=C/CC/C=C/CCCCCCCCCCCCC. The van der Waals surface area contributed by atoms with Crippen LogP contribution in [0, 0.1) is 0 Å². The highest BCUT2D eigenvalue weighted by Crippen LogP contribution is 2.22. The predicted octanol–water partition coefficient (Wildman–Crippen LogP) is 10.7. The minimum absolute atomic E-state index is 0.218. The molecule has 0 radical (unpaired) electrons. The Balaban J connectivity index is 2.40. The Kier molecular flexibility index (Phi) is 38.3. The van der Waals surface area contributed by atoms with Crippen molar-refractivity contribution in [2.45, 2.75) is 224 Å². The van der Waals surface area contributed by atoms with E-state index in [0.717, 1.165) is 83.5 Å². The van der Waals surface area contributed by atoms with E-state index in [1.165, 1.54) is 70.6 Å². The monoisotopic (exact) mass is 856 g/mol. The molecule has 0 bridgehead atoms. The number of carbonyl (C=O) groups is 1. The molecular formula is C52H89NO8.